The Hall–Kier alpha value is -3.42. The van der Waals surface area contributed by atoms with Crippen molar-refractivity contribution in [1.82, 2.24) is 10.2 Å². The molecule has 7 N–H and O–H groups in total. The van der Waals surface area contributed by atoms with Crippen LogP contribution in [0.15, 0.2) is 28.7 Å². The van der Waals surface area contributed by atoms with E-state index >= 15 is 0 Å². The van der Waals surface area contributed by atoms with Gasteiger partial charge in [0.2, 0.25) is 5.78 Å². The van der Waals surface area contributed by atoms with Crippen LogP contribution in [0.5, 0.6) is 5.75 Å². The highest BCUT2D eigenvalue weighted by Crippen LogP contribution is 2.54. The Morgan fingerprint density at radius 1 is 1.17 bits per heavy atom. The van der Waals surface area contributed by atoms with Gasteiger partial charge >= 0.3 is 6.18 Å². The second-order valence-electron chi connectivity index (χ2n) is 12.4. The lowest BCUT2D eigenvalue weighted by atomic mass is 9.58. The molecule has 4 atom stereocenters. The number of alkyl halides is 3. The highest BCUT2D eigenvalue weighted by molar-refractivity contribution is 6.24. The number of phenols is 1. The first-order chi connectivity index (χ1) is 19.4. The lowest BCUT2D eigenvalue weighted by Crippen LogP contribution is -2.63. The van der Waals surface area contributed by atoms with Crippen molar-refractivity contribution in [2.24, 2.45) is 17.6 Å². The third-order valence-electron chi connectivity index (χ3n) is 9.50. The predicted octanol–water partition coefficient (Wildman–Crippen LogP) is 2.56. The summed E-state index contributed by atoms with van der Waals surface area (Å²) < 4.78 is 44.0. The molecule has 1 saturated carbocycles. The molecule has 1 amide bonds. The minimum absolute atomic E-state index is 0.201. The maximum atomic E-state index is 14.7. The van der Waals surface area contributed by atoms with Crippen molar-refractivity contribution < 1.29 is 48.0 Å². The number of nitrogens with one attached hydrogen (secondary N) is 1. The molecule has 0 spiro atoms. The Morgan fingerprint density at radius 2 is 1.79 bits per heavy atom. The Bertz CT molecular complexity index is 1460. The van der Waals surface area contributed by atoms with Crippen LogP contribution in [0.1, 0.15) is 66.1 Å². The third-order valence-corrected chi connectivity index (χ3v) is 9.50. The summed E-state index contributed by atoms with van der Waals surface area (Å²) in [5.74, 6) is -8.99. The molecule has 1 aromatic carbocycles. The summed E-state index contributed by atoms with van der Waals surface area (Å²) in [6.45, 7) is 1.73. The summed E-state index contributed by atoms with van der Waals surface area (Å²) in [6, 6.07) is -0.350. The molecular weight excluding hydrogens is 559 g/mol. The molecule has 42 heavy (non-hydrogen) atoms. The zero-order valence-electron chi connectivity index (χ0n) is 23.4. The number of aromatic hydroxyl groups is 1. The van der Waals surface area contributed by atoms with E-state index in [9.17, 15) is 48.0 Å². The predicted molar refractivity (Wildman–Crippen MR) is 142 cm³/mol. The monoisotopic (exact) mass is 593 g/mol. The second-order valence-corrected chi connectivity index (χ2v) is 12.4. The normalized spacial score (nSPS) is 29.1. The molecule has 10 nitrogen and oxygen atoms in total. The van der Waals surface area contributed by atoms with Gasteiger partial charge in [-0.2, -0.15) is 13.2 Å². The number of aliphatic hydroxyl groups is 3. The summed E-state index contributed by atoms with van der Waals surface area (Å²) in [7, 11) is 2.94. The van der Waals surface area contributed by atoms with E-state index in [0.29, 0.717) is 0 Å². The second kappa shape index (κ2) is 9.81. The maximum absolute atomic E-state index is 14.7. The smallest absolute Gasteiger partial charge is 0.417 e. The van der Waals surface area contributed by atoms with Crippen molar-refractivity contribution in [2.45, 2.75) is 75.4 Å². The standard InChI is InChI=1S/C29H34F3N3O7/c1-27(6-4-5-7-27)34-11-13-10-16(36)18-14(20(13)29(30,31)32)8-12-9-15-21(35(2)3)23(38)19(26(33)41)25(40)28(15,42)24(39)17(12)22(18)37/h10,12,15,21,34,36,38-39,42H,4-9,11H2,1-3H3,(H2,33,41)/t12-,15-,21-,28-/m0/s1. The third kappa shape index (κ3) is 4.32. The van der Waals surface area contributed by atoms with Crippen LogP contribution in [0.4, 0.5) is 13.2 Å². The van der Waals surface area contributed by atoms with Crippen LogP contribution in [0.2, 0.25) is 0 Å². The molecular formula is C29H34F3N3O7. The number of likely N-dealkylation sites (N-methyl/N-ethyl adjacent to an activating group) is 1. The number of halogens is 3. The number of primary amides is 1. The molecule has 4 aliphatic rings. The first-order valence-corrected chi connectivity index (χ1v) is 13.8. The van der Waals surface area contributed by atoms with E-state index in [1.54, 1.807) is 0 Å². The van der Waals surface area contributed by atoms with Gasteiger partial charge in [0.05, 0.1) is 17.2 Å². The molecule has 4 aliphatic carbocycles. The lowest BCUT2D eigenvalue weighted by molar-refractivity contribution is -0.148. The van der Waals surface area contributed by atoms with Gasteiger partial charge in [-0.25, -0.2) is 0 Å². The zero-order chi connectivity index (χ0) is 31.1. The highest BCUT2D eigenvalue weighted by atomic mass is 19.4. The molecule has 0 saturated heterocycles. The number of benzene rings is 1. The molecule has 0 bridgehead atoms. The van der Waals surface area contributed by atoms with Crippen LogP contribution in [0, 0.1) is 11.8 Å². The van der Waals surface area contributed by atoms with Crippen molar-refractivity contribution in [2.75, 3.05) is 14.1 Å². The first-order valence-electron chi connectivity index (χ1n) is 13.8. The number of carbonyl (C=O) groups is 3. The topological polar surface area (TPSA) is 173 Å². The number of Topliss-reactive ketones (excluding diaryl/α,β-unsaturated/α-hetero) is 2. The number of carbonyl (C=O) groups excluding carboxylic acids is 3. The van der Waals surface area contributed by atoms with Crippen LogP contribution in [0.3, 0.4) is 0 Å². The fourth-order valence-electron chi connectivity index (χ4n) is 7.52. The molecule has 0 unspecified atom stereocenters. The van der Waals surface area contributed by atoms with Crippen molar-refractivity contribution >= 4 is 17.5 Å². The quantitative estimate of drug-likeness (QED) is 0.281. The number of allylic oxidation sites excluding steroid dienone is 1. The number of hydrogen-bond donors (Lipinski definition) is 6. The van der Waals surface area contributed by atoms with Crippen molar-refractivity contribution in [3.63, 3.8) is 0 Å². The fourth-order valence-corrected chi connectivity index (χ4v) is 7.52. The van der Waals surface area contributed by atoms with E-state index < -0.39 is 98.7 Å². The van der Waals surface area contributed by atoms with E-state index in [-0.39, 0.29) is 24.1 Å². The van der Waals surface area contributed by atoms with E-state index in [4.69, 9.17) is 5.73 Å². The van der Waals surface area contributed by atoms with Gasteiger partial charge in [0.1, 0.15) is 22.8 Å². The Kier molecular flexibility index (Phi) is 7.02. The summed E-state index contributed by atoms with van der Waals surface area (Å²) in [5, 5.41) is 47.9. The number of amides is 1. The number of nitrogens with two attached hydrogens (primary N) is 1. The van der Waals surface area contributed by atoms with Crippen LogP contribution < -0.4 is 11.1 Å². The van der Waals surface area contributed by atoms with Gasteiger partial charge in [0, 0.05) is 23.6 Å². The molecule has 5 rings (SSSR count). The number of ketones is 2. The average molecular weight is 594 g/mol. The minimum Gasteiger partial charge on any atom is -0.510 e. The van der Waals surface area contributed by atoms with E-state index in [2.05, 4.69) is 5.32 Å². The molecule has 0 aliphatic heterocycles. The van der Waals surface area contributed by atoms with Crippen molar-refractivity contribution in [3.05, 3.63) is 51.0 Å². The summed E-state index contributed by atoms with van der Waals surface area (Å²) in [4.78, 5) is 40.6. The lowest BCUT2D eigenvalue weighted by Gasteiger charge is -2.50. The number of phenolic OH excluding ortho intramolecular Hbond substituents is 1. The average Bonchev–Trinajstić information content (AvgIpc) is 3.30. The molecule has 0 heterocycles. The molecule has 0 radical (unpaired) electrons. The number of nitrogens with zero attached hydrogens (tertiary/aromatic N) is 1. The fraction of sp³-hybridized carbons (Fsp3) is 0.552. The highest BCUT2D eigenvalue weighted by Gasteiger charge is 2.63. The minimum atomic E-state index is -4.89. The molecule has 1 fully saturated rings. The maximum Gasteiger partial charge on any atom is 0.417 e. The summed E-state index contributed by atoms with van der Waals surface area (Å²) in [6.07, 6.45) is -2.19. The van der Waals surface area contributed by atoms with Gasteiger partial charge in [0.25, 0.3) is 5.91 Å². The molecule has 1 aromatic rings. The van der Waals surface area contributed by atoms with Gasteiger partial charge in [-0.05, 0) is 69.8 Å². The van der Waals surface area contributed by atoms with Gasteiger partial charge in [-0.3, -0.25) is 19.3 Å². The molecule has 13 heteroatoms. The largest absolute Gasteiger partial charge is 0.510 e. The van der Waals surface area contributed by atoms with Crippen LogP contribution >= 0.6 is 0 Å². The number of hydrogen-bond acceptors (Lipinski definition) is 9. The Labute approximate surface area is 239 Å². The van der Waals surface area contributed by atoms with Crippen molar-refractivity contribution in [1.29, 1.82) is 0 Å². The first kappa shape index (κ1) is 30.1. The number of fused-ring (bicyclic) bond motifs is 3. The Balaban J connectivity index is 1.67. The van der Waals surface area contributed by atoms with E-state index in [1.165, 1.54) is 19.0 Å². The van der Waals surface area contributed by atoms with Crippen LogP contribution in [-0.2, 0) is 28.7 Å². The van der Waals surface area contributed by atoms with Gasteiger partial charge in [-0.1, -0.05) is 12.8 Å². The van der Waals surface area contributed by atoms with Gasteiger partial charge in [-0.15, -0.1) is 0 Å². The van der Waals surface area contributed by atoms with E-state index in [1.807, 2.05) is 6.92 Å². The summed E-state index contributed by atoms with van der Waals surface area (Å²) in [5.41, 5.74) is -1.79. The van der Waals surface area contributed by atoms with Crippen LogP contribution in [-0.4, -0.2) is 74.1 Å². The van der Waals surface area contributed by atoms with Gasteiger partial charge < -0.3 is 31.5 Å². The molecule has 0 aromatic heterocycles. The summed E-state index contributed by atoms with van der Waals surface area (Å²) >= 11 is 0. The number of aliphatic hydroxyl groups excluding tert-OH is 2. The van der Waals surface area contributed by atoms with E-state index in [0.717, 1.165) is 31.7 Å². The molecule has 228 valence electrons. The zero-order valence-corrected chi connectivity index (χ0v) is 23.4. The number of rotatable bonds is 5. The van der Waals surface area contributed by atoms with Crippen molar-refractivity contribution in [3.8, 4) is 5.75 Å². The van der Waals surface area contributed by atoms with Crippen LogP contribution in [0.25, 0.3) is 0 Å². The SMILES string of the molecule is CN(C)[C@@H]1C(O)=C(C(N)=O)C(=O)[C@@]2(O)C(O)=C3C(=O)c4c(O)cc(CNC5(C)CCCC5)c(C(F)(F)F)c4C[C@H]3C[C@@H]12. The van der Waals surface area contributed by atoms with Gasteiger partial charge in [0.15, 0.2) is 11.4 Å². The Morgan fingerprint density at radius 3 is 2.33 bits per heavy atom.